The highest BCUT2D eigenvalue weighted by Gasteiger charge is 2.14. The van der Waals surface area contributed by atoms with Crippen LogP contribution in [0.5, 0.6) is 0 Å². The van der Waals surface area contributed by atoms with Crippen molar-refractivity contribution in [2.75, 3.05) is 11.5 Å². The van der Waals surface area contributed by atoms with E-state index in [0.717, 1.165) is 11.1 Å². The van der Waals surface area contributed by atoms with Gasteiger partial charge in [-0.05, 0) is 47.5 Å². The lowest BCUT2D eigenvalue weighted by Crippen LogP contribution is -2.03. The molecule has 4 N–H and O–H groups in total. The summed E-state index contributed by atoms with van der Waals surface area (Å²) in [5.41, 5.74) is 15.9. The van der Waals surface area contributed by atoms with Crippen LogP contribution < -0.4 is 11.5 Å². The summed E-state index contributed by atoms with van der Waals surface area (Å²) >= 11 is 0. The second-order valence-electron chi connectivity index (χ2n) is 5.12. The molecule has 0 aromatic heterocycles. The Labute approximate surface area is 129 Å². The zero-order valence-electron chi connectivity index (χ0n) is 12.0. The van der Waals surface area contributed by atoms with Crippen molar-refractivity contribution in [3.05, 3.63) is 83.9 Å². The summed E-state index contributed by atoms with van der Waals surface area (Å²) in [6.45, 7) is 0. The predicted molar refractivity (Wildman–Crippen MR) is 90.6 cm³/mol. The Kier molecular flexibility index (Phi) is 3.62. The Hall–Kier alpha value is -3.07. The molecule has 22 heavy (non-hydrogen) atoms. The second-order valence-corrected chi connectivity index (χ2v) is 5.12. The quantitative estimate of drug-likeness (QED) is 0.569. The molecule has 0 saturated heterocycles. The summed E-state index contributed by atoms with van der Waals surface area (Å²) < 4.78 is 0. The molecule has 3 aromatic rings. The molecule has 0 spiro atoms. The topological polar surface area (TPSA) is 69.1 Å². The Bertz CT molecular complexity index is 806. The molecule has 0 heterocycles. The second kappa shape index (κ2) is 5.74. The molecule has 3 nitrogen and oxygen atoms in total. The molecule has 0 unspecified atom stereocenters. The van der Waals surface area contributed by atoms with Gasteiger partial charge in [-0.25, -0.2) is 0 Å². The first kappa shape index (κ1) is 13.9. The Morgan fingerprint density at radius 2 is 1.23 bits per heavy atom. The van der Waals surface area contributed by atoms with E-state index in [1.165, 1.54) is 0 Å². The van der Waals surface area contributed by atoms with Gasteiger partial charge in [0.25, 0.3) is 0 Å². The number of carbonyl (C=O) groups excluding carboxylic acids is 1. The van der Waals surface area contributed by atoms with Crippen LogP contribution in [0.2, 0.25) is 0 Å². The van der Waals surface area contributed by atoms with E-state index in [1.54, 1.807) is 24.3 Å². The van der Waals surface area contributed by atoms with E-state index in [1.807, 2.05) is 48.5 Å². The fourth-order valence-electron chi connectivity index (χ4n) is 2.39. The van der Waals surface area contributed by atoms with Gasteiger partial charge in [0.2, 0.25) is 0 Å². The van der Waals surface area contributed by atoms with Crippen molar-refractivity contribution in [3.8, 4) is 11.1 Å². The maximum Gasteiger partial charge on any atom is 0.193 e. The normalized spacial score (nSPS) is 10.4. The van der Waals surface area contributed by atoms with Crippen molar-refractivity contribution in [2.45, 2.75) is 0 Å². The molecule has 0 aliphatic carbocycles. The largest absolute Gasteiger partial charge is 0.399 e. The van der Waals surface area contributed by atoms with Gasteiger partial charge < -0.3 is 11.5 Å². The van der Waals surface area contributed by atoms with Gasteiger partial charge in [-0.2, -0.15) is 0 Å². The van der Waals surface area contributed by atoms with E-state index in [4.69, 9.17) is 11.5 Å². The van der Waals surface area contributed by atoms with Crippen LogP contribution in [-0.4, -0.2) is 5.78 Å². The highest BCUT2D eigenvalue weighted by molar-refractivity contribution is 6.12. The van der Waals surface area contributed by atoms with Gasteiger partial charge in [-0.3, -0.25) is 4.79 Å². The highest BCUT2D eigenvalue weighted by Crippen LogP contribution is 2.26. The van der Waals surface area contributed by atoms with Gasteiger partial charge in [0.1, 0.15) is 0 Å². The van der Waals surface area contributed by atoms with Crippen LogP contribution in [-0.2, 0) is 0 Å². The minimum atomic E-state index is -0.0209. The average Bonchev–Trinajstić information content (AvgIpc) is 2.56. The third-order valence-corrected chi connectivity index (χ3v) is 3.57. The first-order valence-corrected chi connectivity index (χ1v) is 7.00. The number of rotatable bonds is 3. The number of hydrogen-bond acceptors (Lipinski definition) is 3. The Morgan fingerprint density at radius 3 is 1.86 bits per heavy atom. The molecule has 0 saturated carbocycles. The van der Waals surface area contributed by atoms with E-state index >= 15 is 0 Å². The highest BCUT2D eigenvalue weighted by atomic mass is 16.1. The fourth-order valence-corrected chi connectivity index (χ4v) is 2.39. The lowest BCUT2D eigenvalue weighted by molar-refractivity contribution is 0.103. The summed E-state index contributed by atoms with van der Waals surface area (Å²) in [4.78, 5) is 12.8. The zero-order chi connectivity index (χ0) is 15.5. The molecule has 0 atom stereocenters. The summed E-state index contributed by atoms with van der Waals surface area (Å²) in [6.07, 6.45) is 0. The summed E-state index contributed by atoms with van der Waals surface area (Å²) in [5, 5.41) is 0. The van der Waals surface area contributed by atoms with Crippen LogP contribution >= 0.6 is 0 Å². The van der Waals surface area contributed by atoms with E-state index in [0.29, 0.717) is 22.5 Å². The van der Waals surface area contributed by atoms with E-state index in [-0.39, 0.29) is 5.78 Å². The molecule has 0 bridgehead atoms. The van der Waals surface area contributed by atoms with Gasteiger partial charge in [0, 0.05) is 22.5 Å². The Balaban J connectivity index is 2.06. The minimum absolute atomic E-state index is 0.0209. The third kappa shape index (κ3) is 2.69. The molecule has 0 amide bonds. The fraction of sp³-hybridized carbons (Fsp3) is 0. The number of anilines is 2. The van der Waals surface area contributed by atoms with Gasteiger partial charge in [0.15, 0.2) is 5.78 Å². The van der Waals surface area contributed by atoms with E-state index < -0.39 is 0 Å². The summed E-state index contributed by atoms with van der Waals surface area (Å²) in [6, 6.07) is 22.0. The van der Waals surface area contributed by atoms with Crippen LogP contribution in [0.25, 0.3) is 11.1 Å². The maximum absolute atomic E-state index is 12.8. The van der Waals surface area contributed by atoms with Crippen molar-refractivity contribution in [3.63, 3.8) is 0 Å². The number of nitrogens with two attached hydrogens (primary N) is 2. The molecular weight excluding hydrogens is 272 g/mol. The maximum atomic E-state index is 12.8. The van der Waals surface area contributed by atoms with Gasteiger partial charge in [-0.15, -0.1) is 0 Å². The molecule has 108 valence electrons. The van der Waals surface area contributed by atoms with Crippen LogP contribution in [0.1, 0.15) is 15.9 Å². The van der Waals surface area contributed by atoms with Crippen molar-refractivity contribution < 1.29 is 4.79 Å². The lowest BCUT2D eigenvalue weighted by Gasteiger charge is -2.09. The van der Waals surface area contributed by atoms with E-state index in [2.05, 4.69) is 0 Å². The van der Waals surface area contributed by atoms with Crippen molar-refractivity contribution in [1.82, 2.24) is 0 Å². The molecule has 0 fully saturated rings. The standard InChI is InChI=1S/C19H16N2O/c20-15-9-5-13(6-10-15)17-3-1-2-4-18(17)19(22)14-7-11-16(21)12-8-14/h1-12H,20-21H2. The van der Waals surface area contributed by atoms with Crippen LogP contribution in [0.4, 0.5) is 11.4 Å². The SMILES string of the molecule is Nc1ccc(C(=O)c2ccccc2-c2ccc(N)cc2)cc1. The average molecular weight is 288 g/mol. The lowest BCUT2D eigenvalue weighted by atomic mass is 9.94. The first-order chi connectivity index (χ1) is 10.6. The predicted octanol–water partition coefficient (Wildman–Crippen LogP) is 3.75. The number of ketones is 1. The first-order valence-electron chi connectivity index (χ1n) is 7.00. The minimum Gasteiger partial charge on any atom is -0.399 e. The van der Waals surface area contributed by atoms with Crippen molar-refractivity contribution in [1.29, 1.82) is 0 Å². The summed E-state index contributed by atoms with van der Waals surface area (Å²) in [5.74, 6) is -0.0209. The third-order valence-electron chi connectivity index (χ3n) is 3.57. The summed E-state index contributed by atoms with van der Waals surface area (Å²) in [7, 11) is 0. The number of nitrogen functional groups attached to an aromatic ring is 2. The number of benzene rings is 3. The van der Waals surface area contributed by atoms with Gasteiger partial charge in [-0.1, -0.05) is 36.4 Å². The molecule has 0 aliphatic rings. The van der Waals surface area contributed by atoms with E-state index in [9.17, 15) is 4.79 Å². The molecule has 3 heteroatoms. The van der Waals surface area contributed by atoms with Gasteiger partial charge in [0.05, 0.1) is 0 Å². The smallest absolute Gasteiger partial charge is 0.193 e. The van der Waals surface area contributed by atoms with Crippen molar-refractivity contribution >= 4 is 17.2 Å². The van der Waals surface area contributed by atoms with Crippen LogP contribution in [0.3, 0.4) is 0 Å². The molecule has 0 radical (unpaired) electrons. The van der Waals surface area contributed by atoms with Gasteiger partial charge >= 0.3 is 0 Å². The number of carbonyl (C=O) groups is 1. The molecule has 0 aliphatic heterocycles. The van der Waals surface area contributed by atoms with Crippen molar-refractivity contribution in [2.24, 2.45) is 0 Å². The monoisotopic (exact) mass is 288 g/mol. The molecule has 3 aromatic carbocycles. The Morgan fingerprint density at radius 1 is 0.682 bits per heavy atom. The van der Waals surface area contributed by atoms with Crippen LogP contribution in [0, 0.1) is 0 Å². The zero-order valence-corrected chi connectivity index (χ0v) is 12.0. The number of hydrogen-bond donors (Lipinski definition) is 2. The molecular formula is C19H16N2O. The van der Waals surface area contributed by atoms with Crippen LogP contribution in [0.15, 0.2) is 72.8 Å². The molecule has 3 rings (SSSR count).